The molecule has 3 aromatic heterocycles. The van der Waals surface area contributed by atoms with Crippen molar-refractivity contribution in [2.45, 2.75) is 23.7 Å². The maximum absolute atomic E-state index is 5.35. The fourth-order valence-corrected chi connectivity index (χ4v) is 6.81. The molecule has 3 nitrogen and oxygen atoms in total. The summed E-state index contributed by atoms with van der Waals surface area (Å²) < 4.78 is 0. The summed E-state index contributed by atoms with van der Waals surface area (Å²) in [4.78, 5) is 16.0. The van der Waals surface area contributed by atoms with Gasteiger partial charge in [0.05, 0.1) is 34.2 Å². The molecule has 0 saturated carbocycles. The molecule has 194 valence electrons. The Bertz CT molecular complexity index is 1480. The number of rotatable bonds is 0. The Morgan fingerprint density at radius 3 is 0.805 bits per heavy atom. The number of benzene rings is 3. The van der Waals surface area contributed by atoms with Gasteiger partial charge in [0, 0.05) is 17.8 Å². The number of aromatic nitrogens is 3. The SMILES string of the molecule is [Ir+3].[c-]1c2cccc1C1c3cccc(n3)C3c4[c-]c(ccc4)C2c2[c-]c(ccc2)C(c2cccc1n2)c1cccc3n1. The average Bonchev–Trinajstić information content (AvgIpc) is 2.98. The number of nitrogens with zero attached hydrogens (tertiary/aromatic N) is 3. The number of hydrogen-bond acceptors (Lipinski definition) is 3. The van der Waals surface area contributed by atoms with Crippen LogP contribution in [0.1, 0.15) is 91.2 Å². The van der Waals surface area contributed by atoms with Crippen molar-refractivity contribution in [3.63, 3.8) is 0 Å². The van der Waals surface area contributed by atoms with Gasteiger partial charge in [-0.05, 0) is 42.3 Å². The quantitative estimate of drug-likeness (QED) is 0.161. The van der Waals surface area contributed by atoms with Crippen LogP contribution in [0.2, 0.25) is 0 Å². The normalized spacial score (nSPS) is 20.5. The molecule has 0 spiro atoms. The van der Waals surface area contributed by atoms with Gasteiger partial charge in [-0.15, -0.1) is 16.7 Å². The Balaban J connectivity index is 0.00000256. The molecule has 3 aromatic carbocycles. The predicted octanol–water partition coefficient (Wildman–Crippen LogP) is 6.93. The molecule has 10 rings (SSSR count). The van der Waals surface area contributed by atoms with E-state index in [1.54, 1.807) is 0 Å². The second-order valence-electron chi connectivity index (χ2n) is 10.9. The molecule has 6 aromatic rings. The van der Waals surface area contributed by atoms with Gasteiger partial charge in [-0.2, -0.15) is 89.5 Å². The predicted molar refractivity (Wildman–Crippen MR) is 152 cm³/mol. The van der Waals surface area contributed by atoms with Crippen molar-refractivity contribution in [1.29, 1.82) is 0 Å². The van der Waals surface area contributed by atoms with Crippen molar-refractivity contribution in [3.05, 3.63) is 195 Å². The van der Waals surface area contributed by atoms with E-state index in [9.17, 15) is 0 Å². The summed E-state index contributed by atoms with van der Waals surface area (Å²) in [5.41, 5.74) is 12.3. The molecule has 7 heterocycles. The van der Waals surface area contributed by atoms with Gasteiger partial charge in [-0.25, -0.2) is 0 Å². The van der Waals surface area contributed by atoms with Crippen LogP contribution in [0.25, 0.3) is 0 Å². The summed E-state index contributed by atoms with van der Waals surface area (Å²) in [7, 11) is 0. The third-order valence-corrected chi connectivity index (χ3v) is 8.54. The van der Waals surface area contributed by atoms with Crippen LogP contribution in [-0.2, 0) is 20.1 Å². The zero-order valence-electron chi connectivity index (χ0n) is 21.9. The van der Waals surface area contributed by atoms with E-state index in [4.69, 9.17) is 15.0 Å². The molecule has 0 saturated heterocycles. The topological polar surface area (TPSA) is 38.7 Å². The molecule has 0 atom stereocenters. The van der Waals surface area contributed by atoms with E-state index < -0.39 is 0 Å². The number of hydrogen-bond donors (Lipinski definition) is 0. The van der Waals surface area contributed by atoms with Crippen molar-refractivity contribution in [3.8, 4) is 0 Å². The van der Waals surface area contributed by atoms with Crippen molar-refractivity contribution in [1.82, 2.24) is 15.0 Å². The minimum atomic E-state index is -0.156. The molecule has 4 aliphatic rings. The first-order chi connectivity index (χ1) is 19.8. The van der Waals surface area contributed by atoms with E-state index >= 15 is 0 Å². The summed E-state index contributed by atoms with van der Waals surface area (Å²) in [6.07, 6.45) is 0. The minimum Gasteiger partial charge on any atom is -0.256 e. The molecule has 0 radical (unpaired) electrons. The zero-order valence-corrected chi connectivity index (χ0v) is 24.3. The largest absolute Gasteiger partial charge is 3.00 e. The average molecular weight is 701 g/mol. The molecule has 41 heavy (non-hydrogen) atoms. The van der Waals surface area contributed by atoms with Crippen LogP contribution in [0.5, 0.6) is 0 Å². The van der Waals surface area contributed by atoms with E-state index in [1.807, 2.05) is 0 Å². The van der Waals surface area contributed by atoms with Crippen molar-refractivity contribution in [2.75, 3.05) is 0 Å². The monoisotopic (exact) mass is 701 g/mol. The van der Waals surface area contributed by atoms with Crippen LogP contribution in [0, 0.1) is 18.2 Å². The van der Waals surface area contributed by atoms with Crippen molar-refractivity contribution >= 4 is 0 Å². The van der Waals surface area contributed by atoms with Gasteiger partial charge in [0.2, 0.25) is 0 Å². The van der Waals surface area contributed by atoms with E-state index in [2.05, 4.69) is 127 Å². The fourth-order valence-electron chi connectivity index (χ4n) is 6.81. The Labute approximate surface area is 252 Å². The fraction of sp³-hybridized carbons (Fsp3) is 0.108. The van der Waals surface area contributed by atoms with E-state index in [0.29, 0.717) is 0 Å². The van der Waals surface area contributed by atoms with Gasteiger partial charge in [0.25, 0.3) is 0 Å². The summed E-state index contributed by atoms with van der Waals surface area (Å²) >= 11 is 0. The van der Waals surface area contributed by atoms with Crippen molar-refractivity contribution in [2.24, 2.45) is 0 Å². The van der Waals surface area contributed by atoms with Gasteiger partial charge in [-0.3, -0.25) is 15.0 Å². The van der Waals surface area contributed by atoms with Gasteiger partial charge in [-0.1, -0.05) is 18.2 Å². The Kier molecular flexibility index (Phi) is 5.63. The zero-order chi connectivity index (χ0) is 26.2. The summed E-state index contributed by atoms with van der Waals surface area (Å²) in [6.45, 7) is 0. The summed E-state index contributed by atoms with van der Waals surface area (Å²) in [5, 5.41) is 0. The Morgan fingerprint density at radius 1 is 0.317 bits per heavy atom. The summed E-state index contributed by atoms with van der Waals surface area (Å²) in [5.74, 6) is -0.535. The van der Waals surface area contributed by atoms with Crippen LogP contribution in [0.3, 0.4) is 0 Å². The van der Waals surface area contributed by atoms with Crippen LogP contribution < -0.4 is 0 Å². The molecular weight excluding hydrogens is 679 g/mol. The molecule has 16 bridgehead atoms. The summed E-state index contributed by atoms with van der Waals surface area (Å²) in [6, 6.07) is 50.1. The number of pyridine rings is 3. The van der Waals surface area contributed by atoms with Crippen LogP contribution in [-0.4, -0.2) is 15.0 Å². The third-order valence-electron chi connectivity index (χ3n) is 8.54. The Hall–Kier alpha value is -4.24. The van der Waals surface area contributed by atoms with E-state index in [1.165, 1.54) is 0 Å². The second kappa shape index (κ2) is 9.41. The molecular formula is C37H22IrN3. The van der Waals surface area contributed by atoms with E-state index in [-0.39, 0.29) is 43.8 Å². The Morgan fingerprint density at radius 2 is 0.537 bits per heavy atom. The smallest absolute Gasteiger partial charge is 0.256 e. The van der Waals surface area contributed by atoms with Gasteiger partial charge < -0.3 is 0 Å². The van der Waals surface area contributed by atoms with Crippen molar-refractivity contribution < 1.29 is 20.1 Å². The first-order valence-corrected chi connectivity index (χ1v) is 13.8. The van der Waals surface area contributed by atoms with Crippen LogP contribution in [0.4, 0.5) is 0 Å². The minimum absolute atomic E-state index is 0. The second-order valence-corrected chi connectivity index (χ2v) is 10.9. The third kappa shape index (κ3) is 3.79. The van der Waals surface area contributed by atoms with Gasteiger partial charge in [0.1, 0.15) is 0 Å². The first-order valence-electron chi connectivity index (χ1n) is 13.8. The van der Waals surface area contributed by atoms with E-state index in [0.717, 1.165) is 67.5 Å². The molecule has 4 heteroatoms. The standard InChI is InChI=1S/C37H22N3.Ir/c1-7-22-19-25(10-1)35-28-13-4-15-30(38-28)36-26-11-2-8-23(20-26)34(22)24-9-3-12-27(21-24)37(31-16-5-14-29(35)39-31)33-18-6-17-32(36)40-33;/h1-18,34-37H;/q-3;+3. The van der Waals surface area contributed by atoms with Gasteiger partial charge >= 0.3 is 20.1 Å². The molecule has 0 unspecified atom stereocenters. The molecule has 4 aliphatic heterocycles. The van der Waals surface area contributed by atoms with Crippen LogP contribution >= 0.6 is 0 Å². The van der Waals surface area contributed by atoms with Gasteiger partial charge in [0.15, 0.2) is 0 Å². The maximum Gasteiger partial charge on any atom is 3.00 e. The molecule has 0 amide bonds. The van der Waals surface area contributed by atoms with Crippen LogP contribution in [0.15, 0.2) is 109 Å². The molecule has 0 N–H and O–H groups in total. The molecule has 0 fully saturated rings. The molecule has 0 aliphatic carbocycles. The first kappa shape index (κ1) is 24.5. The maximum atomic E-state index is 5.35.